The monoisotopic (exact) mass is 350 g/mol. The number of benzene rings is 1. The van der Waals surface area contributed by atoms with Crippen LogP contribution in [-0.4, -0.2) is 63.6 Å². The van der Waals surface area contributed by atoms with Gasteiger partial charge in [-0.25, -0.2) is 0 Å². The van der Waals surface area contributed by atoms with Gasteiger partial charge in [-0.3, -0.25) is 9.69 Å². The smallest absolute Gasteiger partial charge is 0.232 e. The van der Waals surface area contributed by atoms with Crippen LogP contribution in [0.25, 0.3) is 0 Å². The van der Waals surface area contributed by atoms with Crippen LogP contribution in [0, 0.1) is 0 Å². The number of likely N-dealkylation sites (tertiary alicyclic amines) is 1. The lowest BCUT2D eigenvalue weighted by Crippen LogP contribution is -2.46. The Morgan fingerprint density at radius 3 is 2.62 bits per heavy atom. The Labute approximate surface area is 150 Å². The highest BCUT2D eigenvalue weighted by Crippen LogP contribution is 2.26. The maximum Gasteiger partial charge on any atom is 0.232 e. The molecule has 4 nitrogen and oxygen atoms in total. The third kappa shape index (κ3) is 6.11. The van der Waals surface area contributed by atoms with Crippen molar-refractivity contribution in [3.8, 4) is 0 Å². The summed E-state index contributed by atoms with van der Waals surface area (Å²) in [5.74, 6) is 0.550. The van der Waals surface area contributed by atoms with E-state index in [1.807, 2.05) is 18.2 Å². The fourth-order valence-corrected chi connectivity index (χ4v) is 3.74. The molecule has 0 aromatic heterocycles. The van der Waals surface area contributed by atoms with Crippen LogP contribution in [-0.2, 0) is 11.3 Å². The van der Waals surface area contributed by atoms with E-state index in [-0.39, 0.29) is 10.7 Å². The van der Waals surface area contributed by atoms with E-state index in [0.29, 0.717) is 25.3 Å². The number of carbonyl (C=O) groups excluding carboxylic acids is 1. The normalized spacial score (nSPS) is 21.9. The molecule has 1 fully saturated rings. The molecule has 1 aliphatic heterocycles. The van der Waals surface area contributed by atoms with Crippen molar-refractivity contribution in [2.45, 2.75) is 44.1 Å². The Hall–Kier alpha value is -1.04. The van der Waals surface area contributed by atoms with Crippen LogP contribution in [0.2, 0.25) is 0 Å². The van der Waals surface area contributed by atoms with E-state index in [2.05, 4.69) is 37.8 Å². The molecule has 1 atom stereocenters. The molecular formula is C19H30N2O2S. The maximum atomic E-state index is 12.3. The summed E-state index contributed by atoms with van der Waals surface area (Å²) in [5.41, 5.74) is 0.457. The number of hydrogen-bond acceptors (Lipinski definition) is 4. The molecule has 0 unspecified atom stereocenters. The number of rotatable bonds is 6. The van der Waals surface area contributed by atoms with Crippen LogP contribution in [0.3, 0.4) is 0 Å². The highest BCUT2D eigenvalue weighted by atomic mass is 32.2. The minimum Gasteiger partial charge on any atom is -0.387 e. The first-order chi connectivity index (χ1) is 11.2. The lowest BCUT2D eigenvalue weighted by Gasteiger charge is -2.30. The van der Waals surface area contributed by atoms with E-state index in [9.17, 15) is 9.90 Å². The summed E-state index contributed by atoms with van der Waals surface area (Å²) in [7, 11) is 1.80. The highest BCUT2D eigenvalue weighted by Gasteiger charge is 2.37. The highest BCUT2D eigenvalue weighted by molar-refractivity contribution is 8.01. The molecule has 24 heavy (non-hydrogen) atoms. The average Bonchev–Trinajstić information content (AvgIpc) is 2.85. The summed E-state index contributed by atoms with van der Waals surface area (Å²) >= 11 is 1.65. The number of carbonyl (C=O) groups is 1. The lowest BCUT2D eigenvalue weighted by atomic mass is 10.0. The summed E-state index contributed by atoms with van der Waals surface area (Å²) < 4.78 is 0.0766. The van der Waals surface area contributed by atoms with Crippen molar-refractivity contribution in [2.24, 2.45) is 0 Å². The van der Waals surface area contributed by atoms with Crippen LogP contribution in [0.5, 0.6) is 0 Å². The van der Waals surface area contributed by atoms with Gasteiger partial charge in [-0.05, 0) is 12.0 Å². The molecule has 0 spiro atoms. The van der Waals surface area contributed by atoms with Crippen molar-refractivity contribution in [3.05, 3.63) is 35.9 Å². The molecule has 1 aliphatic rings. The first-order valence-electron chi connectivity index (χ1n) is 8.53. The Morgan fingerprint density at radius 1 is 1.33 bits per heavy atom. The SMILES string of the molecule is CN(C[C@@]1(O)CCN(Cc2ccccc2)C1)C(=O)CSC(C)(C)C. The first-order valence-corrected chi connectivity index (χ1v) is 9.52. The van der Waals surface area contributed by atoms with Crippen LogP contribution < -0.4 is 0 Å². The number of hydrogen-bond donors (Lipinski definition) is 1. The number of aliphatic hydroxyl groups is 1. The third-order valence-electron chi connectivity index (χ3n) is 4.25. The first kappa shape index (κ1) is 19.3. The van der Waals surface area contributed by atoms with Crippen LogP contribution in [0.1, 0.15) is 32.8 Å². The van der Waals surface area contributed by atoms with Crippen molar-refractivity contribution in [3.63, 3.8) is 0 Å². The van der Waals surface area contributed by atoms with Gasteiger partial charge in [0.15, 0.2) is 0 Å². The van der Waals surface area contributed by atoms with Gasteiger partial charge in [0.2, 0.25) is 5.91 Å². The van der Waals surface area contributed by atoms with Crippen LogP contribution in [0.4, 0.5) is 0 Å². The molecule has 1 amide bonds. The quantitative estimate of drug-likeness (QED) is 0.856. The largest absolute Gasteiger partial charge is 0.387 e. The van der Waals surface area contributed by atoms with Crippen molar-refractivity contribution in [2.75, 3.05) is 32.4 Å². The molecule has 0 aliphatic carbocycles. The summed E-state index contributed by atoms with van der Waals surface area (Å²) in [6.07, 6.45) is 0.712. The van der Waals surface area contributed by atoms with E-state index in [0.717, 1.165) is 13.1 Å². The third-order valence-corrected chi connectivity index (χ3v) is 5.50. The van der Waals surface area contributed by atoms with Crippen molar-refractivity contribution < 1.29 is 9.90 Å². The molecule has 0 saturated carbocycles. The molecule has 1 heterocycles. The second-order valence-corrected chi connectivity index (χ2v) is 9.62. The molecule has 0 bridgehead atoms. The van der Waals surface area contributed by atoms with Crippen LogP contribution >= 0.6 is 11.8 Å². The number of nitrogens with zero attached hydrogens (tertiary/aromatic N) is 2. The Morgan fingerprint density at radius 2 is 2.00 bits per heavy atom. The zero-order valence-electron chi connectivity index (χ0n) is 15.3. The molecule has 1 N–H and O–H groups in total. The summed E-state index contributed by atoms with van der Waals surface area (Å²) in [4.78, 5) is 16.2. The maximum absolute atomic E-state index is 12.3. The molecule has 134 valence electrons. The second kappa shape index (κ2) is 7.89. The van der Waals surface area contributed by atoms with Gasteiger partial charge in [0.25, 0.3) is 0 Å². The number of amides is 1. The van der Waals surface area contributed by atoms with Gasteiger partial charge in [0.1, 0.15) is 0 Å². The summed E-state index contributed by atoms with van der Waals surface area (Å²) in [6, 6.07) is 10.3. The van der Waals surface area contributed by atoms with Gasteiger partial charge in [0, 0.05) is 31.4 Å². The van der Waals surface area contributed by atoms with Gasteiger partial charge in [-0.15, -0.1) is 11.8 Å². The van der Waals surface area contributed by atoms with E-state index >= 15 is 0 Å². The topological polar surface area (TPSA) is 43.8 Å². The summed E-state index contributed by atoms with van der Waals surface area (Å²) in [6.45, 7) is 9.06. The fourth-order valence-electron chi connectivity index (χ4n) is 2.96. The Bertz CT molecular complexity index is 544. The predicted octanol–water partition coefficient (Wildman–Crippen LogP) is 2.61. The zero-order valence-corrected chi connectivity index (χ0v) is 16.1. The molecule has 1 saturated heterocycles. The number of thioether (sulfide) groups is 1. The minimum absolute atomic E-state index is 0.0766. The molecule has 2 rings (SSSR count). The van der Waals surface area contributed by atoms with E-state index < -0.39 is 5.60 Å². The second-order valence-electron chi connectivity index (χ2n) is 7.82. The van der Waals surface area contributed by atoms with Crippen LogP contribution in [0.15, 0.2) is 30.3 Å². The lowest BCUT2D eigenvalue weighted by molar-refractivity contribution is -0.130. The van der Waals surface area contributed by atoms with Crippen molar-refractivity contribution in [1.82, 2.24) is 9.80 Å². The zero-order chi connectivity index (χ0) is 17.8. The Kier molecular flexibility index (Phi) is 6.34. The molecule has 0 radical (unpaired) electrons. The Balaban J connectivity index is 1.82. The number of β-amino-alcohol motifs (C(OH)–C–C–N with tert-alkyl or cyclic N) is 1. The summed E-state index contributed by atoms with van der Waals surface area (Å²) in [5, 5.41) is 10.8. The molecule has 5 heteroatoms. The van der Waals surface area contributed by atoms with E-state index in [1.54, 1.807) is 23.7 Å². The molecule has 1 aromatic rings. The average molecular weight is 351 g/mol. The standard InChI is InChI=1S/C19H30N2O2S/c1-18(2,3)24-13-17(22)20(4)14-19(23)10-11-21(15-19)12-16-8-6-5-7-9-16/h5-9,23H,10-15H2,1-4H3/t19-/m0/s1. The van der Waals surface area contributed by atoms with Crippen molar-refractivity contribution >= 4 is 17.7 Å². The molecule has 1 aromatic carbocycles. The van der Waals surface area contributed by atoms with Gasteiger partial charge in [0.05, 0.1) is 17.9 Å². The van der Waals surface area contributed by atoms with E-state index in [1.165, 1.54) is 5.56 Å². The molecular weight excluding hydrogens is 320 g/mol. The minimum atomic E-state index is -0.800. The fraction of sp³-hybridized carbons (Fsp3) is 0.632. The van der Waals surface area contributed by atoms with Gasteiger partial charge >= 0.3 is 0 Å². The van der Waals surface area contributed by atoms with Gasteiger partial charge in [-0.2, -0.15) is 0 Å². The van der Waals surface area contributed by atoms with Gasteiger partial charge in [-0.1, -0.05) is 51.1 Å². The van der Waals surface area contributed by atoms with E-state index in [4.69, 9.17) is 0 Å². The van der Waals surface area contributed by atoms with Crippen molar-refractivity contribution in [1.29, 1.82) is 0 Å². The van der Waals surface area contributed by atoms with Gasteiger partial charge < -0.3 is 10.0 Å². The number of likely N-dealkylation sites (N-methyl/N-ethyl adjacent to an activating group) is 1. The predicted molar refractivity (Wildman–Crippen MR) is 101 cm³/mol.